The van der Waals surface area contributed by atoms with Crippen molar-refractivity contribution in [1.82, 2.24) is 0 Å². The van der Waals surface area contributed by atoms with Crippen molar-refractivity contribution in [3.8, 4) is 0 Å². The van der Waals surface area contributed by atoms with Crippen molar-refractivity contribution < 1.29 is 43.8 Å². The summed E-state index contributed by atoms with van der Waals surface area (Å²) in [5.74, 6) is -1.02. The number of piperidine rings is 1. The van der Waals surface area contributed by atoms with E-state index < -0.39 is 36.7 Å². The Morgan fingerprint density at radius 3 is 2.77 bits per heavy atom. The van der Waals surface area contributed by atoms with E-state index in [1.54, 1.807) is 14.1 Å². The van der Waals surface area contributed by atoms with Gasteiger partial charge in [-0.3, -0.25) is 4.79 Å². The monoisotopic (exact) mass is 301 g/mol. The lowest BCUT2D eigenvalue weighted by molar-refractivity contribution is -0.928. The number of carbonyl (C=O) groups excluding carboxylic acids is 1. The van der Waals surface area contributed by atoms with Gasteiger partial charge in [0.05, 0.1) is 32.9 Å². The molecule has 2 aliphatic rings. The molecule has 0 radical (unpaired) electrons. The van der Waals surface area contributed by atoms with Crippen molar-refractivity contribution in [2.24, 2.45) is 0 Å². The molecule has 3 nitrogen and oxygen atoms in total. The van der Waals surface area contributed by atoms with Crippen LogP contribution in [0.15, 0.2) is 0 Å². The van der Waals surface area contributed by atoms with Gasteiger partial charge in [-0.15, -0.1) is 0 Å². The Morgan fingerprint density at radius 2 is 2.15 bits per heavy atom. The molecule has 1 unspecified atom stereocenters. The molecule has 4 heteroatoms. The summed E-state index contributed by atoms with van der Waals surface area (Å²) < 4.78 is 31.1. The fraction of sp³-hybridized carbons (Fsp3) is 0.889. The minimum atomic E-state index is -2.31. The summed E-state index contributed by atoms with van der Waals surface area (Å²) in [5.41, 5.74) is 0. The Bertz CT molecular complexity index is 361. The van der Waals surface area contributed by atoms with Gasteiger partial charge < -0.3 is 33.6 Å². The SMILES string of the molecule is [2H]C1([2H])C(=O)C([2H])([2H])[C@@H]2C(O)C[C@H]1[N+]2(C)C.[I-]. The number of likely N-dealkylation sites (N-methyl/N-ethyl adjacent to an activating group) is 1. The predicted octanol–water partition coefficient (Wildman–Crippen LogP) is -3.07. The molecule has 2 aliphatic heterocycles. The summed E-state index contributed by atoms with van der Waals surface area (Å²) in [7, 11) is 3.35. The number of rotatable bonds is 0. The molecule has 76 valence electrons. The summed E-state index contributed by atoms with van der Waals surface area (Å²) in [6.45, 7) is 0. The highest BCUT2D eigenvalue weighted by atomic mass is 127. The van der Waals surface area contributed by atoms with E-state index in [-0.39, 0.29) is 34.9 Å². The Morgan fingerprint density at radius 1 is 1.54 bits per heavy atom. The highest BCUT2D eigenvalue weighted by molar-refractivity contribution is 5.80. The van der Waals surface area contributed by atoms with Gasteiger partial charge in [-0.1, -0.05) is 0 Å². The van der Waals surface area contributed by atoms with Gasteiger partial charge in [-0.25, -0.2) is 0 Å². The smallest absolute Gasteiger partial charge is 0.144 e. The number of fused-ring (bicyclic) bond motifs is 2. The molecule has 0 spiro atoms. The van der Waals surface area contributed by atoms with Crippen molar-refractivity contribution in [2.75, 3.05) is 14.1 Å². The molecule has 0 aliphatic carbocycles. The second-order valence-electron chi connectivity index (χ2n) is 4.01. The highest BCUT2D eigenvalue weighted by Crippen LogP contribution is 2.37. The van der Waals surface area contributed by atoms with Crippen LogP contribution >= 0.6 is 0 Å². The van der Waals surface area contributed by atoms with Gasteiger partial charge in [0.2, 0.25) is 0 Å². The normalized spacial score (nSPS) is 53.8. The van der Waals surface area contributed by atoms with Crippen LogP contribution in [-0.4, -0.2) is 47.7 Å². The molecule has 0 amide bonds. The standard InChI is InChI=1S/C9H16NO2.HI/c1-10(2)6-3-7(11)5-8(10)9(12)4-6;/h6,8-9,12H,3-5H2,1-2H3;1H/q+1;/p-1/t6-,8+,9?;/m0./s1/i3D2,5D2;. The van der Waals surface area contributed by atoms with Crippen LogP contribution in [0.25, 0.3) is 0 Å². The molecule has 0 aromatic carbocycles. The number of Topliss-reactive ketones (excluding diaryl/α,β-unsaturated/α-hetero) is 1. The Labute approximate surface area is 101 Å². The Balaban J connectivity index is 0.00000144. The number of aliphatic hydroxyl groups excluding tert-OH is 1. The third kappa shape index (κ3) is 1.64. The predicted molar refractivity (Wildman–Crippen MR) is 44.5 cm³/mol. The molecule has 2 heterocycles. The highest BCUT2D eigenvalue weighted by Gasteiger charge is 2.53. The quantitative estimate of drug-likeness (QED) is 0.381. The summed E-state index contributed by atoms with van der Waals surface area (Å²) >= 11 is 0. The van der Waals surface area contributed by atoms with E-state index in [1.807, 2.05) is 0 Å². The van der Waals surface area contributed by atoms with Crippen molar-refractivity contribution in [2.45, 2.75) is 37.4 Å². The molecule has 2 saturated heterocycles. The van der Waals surface area contributed by atoms with Gasteiger partial charge >= 0.3 is 0 Å². The number of quaternary nitrogens is 1. The Hall–Kier alpha value is 0.320. The first-order valence-electron chi connectivity index (χ1n) is 6.10. The van der Waals surface area contributed by atoms with E-state index in [1.165, 1.54) is 0 Å². The van der Waals surface area contributed by atoms with Gasteiger partial charge in [0, 0.05) is 11.9 Å². The van der Waals surface area contributed by atoms with E-state index in [0.717, 1.165) is 0 Å². The first kappa shape index (κ1) is 6.74. The summed E-state index contributed by atoms with van der Waals surface area (Å²) in [6.07, 6.45) is -5.34. The number of ketones is 1. The maximum absolute atomic E-state index is 11.8. The lowest BCUT2D eigenvalue weighted by Crippen LogP contribution is -3.00. The summed E-state index contributed by atoms with van der Waals surface area (Å²) in [6, 6.07) is -1.53. The Kier molecular flexibility index (Phi) is 1.80. The molecule has 2 rings (SSSR count). The minimum absolute atomic E-state index is 0. The first-order chi connectivity index (χ1) is 7.04. The fourth-order valence-electron chi connectivity index (χ4n) is 2.08. The van der Waals surface area contributed by atoms with Crippen LogP contribution in [0.2, 0.25) is 0 Å². The van der Waals surface area contributed by atoms with Gasteiger partial charge in [-0.2, -0.15) is 0 Å². The van der Waals surface area contributed by atoms with Crippen LogP contribution in [0.5, 0.6) is 0 Å². The van der Waals surface area contributed by atoms with Crippen LogP contribution in [-0.2, 0) is 4.79 Å². The van der Waals surface area contributed by atoms with Crippen molar-refractivity contribution in [1.29, 1.82) is 0 Å². The number of hydrogen-bond donors (Lipinski definition) is 1. The molecule has 3 atom stereocenters. The molecule has 0 aromatic rings. The average molecular weight is 301 g/mol. The second-order valence-corrected chi connectivity index (χ2v) is 4.01. The lowest BCUT2D eigenvalue weighted by Gasteiger charge is -2.40. The number of hydrogen-bond acceptors (Lipinski definition) is 2. The molecular weight excluding hydrogens is 281 g/mol. The number of nitrogens with zero attached hydrogens (tertiary/aromatic N) is 1. The molecule has 1 N–H and O–H groups in total. The largest absolute Gasteiger partial charge is 1.00 e. The third-order valence-electron chi connectivity index (χ3n) is 2.93. The van der Waals surface area contributed by atoms with E-state index in [4.69, 9.17) is 5.48 Å². The molecule has 0 aromatic heterocycles. The van der Waals surface area contributed by atoms with E-state index in [2.05, 4.69) is 0 Å². The van der Waals surface area contributed by atoms with Gasteiger partial charge in [-0.05, 0) is 0 Å². The average Bonchev–Trinajstić information content (AvgIpc) is 2.31. The van der Waals surface area contributed by atoms with Crippen LogP contribution in [0.1, 0.15) is 24.6 Å². The van der Waals surface area contributed by atoms with Crippen LogP contribution in [0, 0.1) is 0 Å². The van der Waals surface area contributed by atoms with E-state index >= 15 is 0 Å². The summed E-state index contributed by atoms with van der Waals surface area (Å²) in [4.78, 5) is 11.8. The maximum atomic E-state index is 11.8. The third-order valence-corrected chi connectivity index (χ3v) is 2.93. The topological polar surface area (TPSA) is 37.3 Å². The van der Waals surface area contributed by atoms with Gasteiger partial charge in [0.25, 0.3) is 0 Å². The van der Waals surface area contributed by atoms with Crippen molar-refractivity contribution in [3.63, 3.8) is 0 Å². The van der Waals surface area contributed by atoms with Crippen molar-refractivity contribution in [3.05, 3.63) is 0 Å². The fourth-order valence-corrected chi connectivity index (χ4v) is 2.08. The zero-order valence-corrected chi connectivity index (χ0v) is 9.78. The number of carbonyl (C=O) groups is 1. The van der Waals surface area contributed by atoms with Gasteiger partial charge in [0.15, 0.2) is 0 Å². The van der Waals surface area contributed by atoms with Crippen LogP contribution < -0.4 is 24.0 Å². The number of aliphatic hydroxyl groups is 1. The molecular formula is C9H16INO2. The number of halogens is 1. The molecule has 2 bridgehead atoms. The first-order valence-corrected chi connectivity index (χ1v) is 4.10. The zero-order valence-electron chi connectivity index (χ0n) is 11.6. The molecule has 13 heavy (non-hydrogen) atoms. The van der Waals surface area contributed by atoms with Crippen LogP contribution in [0.4, 0.5) is 0 Å². The van der Waals surface area contributed by atoms with Gasteiger partial charge in [0.1, 0.15) is 17.9 Å². The molecule has 2 fully saturated rings. The summed E-state index contributed by atoms with van der Waals surface area (Å²) in [5, 5.41) is 9.85. The van der Waals surface area contributed by atoms with Crippen LogP contribution in [0.3, 0.4) is 0 Å². The van der Waals surface area contributed by atoms with E-state index in [9.17, 15) is 9.90 Å². The molecule has 0 saturated carbocycles. The zero-order chi connectivity index (χ0) is 12.5. The van der Waals surface area contributed by atoms with Crippen molar-refractivity contribution >= 4 is 5.78 Å². The second kappa shape index (κ2) is 3.47. The maximum Gasteiger partial charge on any atom is 0.144 e. The minimum Gasteiger partial charge on any atom is -1.00 e. The lowest BCUT2D eigenvalue weighted by atomic mass is 9.99. The van der Waals surface area contributed by atoms with E-state index in [0.29, 0.717) is 0 Å².